The maximum absolute atomic E-state index is 14.8. The van der Waals surface area contributed by atoms with Gasteiger partial charge >= 0.3 is 23.6 Å². The number of anilines is 1. The van der Waals surface area contributed by atoms with Gasteiger partial charge in [-0.25, -0.2) is 14.4 Å². The summed E-state index contributed by atoms with van der Waals surface area (Å²) in [6.07, 6.45) is -12.2. The van der Waals surface area contributed by atoms with Gasteiger partial charge < -0.3 is 65.5 Å². The smallest absolute Gasteiger partial charge is 0.335 e. The minimum Gasteiger partial charge on any atom is -0.481 e. The number of aliphatic hydroxyl groups excluding tert-OH is 5. The van der Waals surface area contributed by atoms with E-state index in [1.807, 2.05) is 31.8 Å². The third-order valence-electron chi connectivity index (χ3n) is 18.0. The number of hydrogen-bond acceptors (Lipinski definition) is 16. The van der Waals surface area contributed by atoms with Gasteiger partial charge in [0.1, 0.15) is 42.4 Å². The highest BCUT2D eigenvalue weighted by Crippen LogP contribution is 2.75. The second kappa shape index (κ2) is 17.4. The Labute approximate surface area is 386 Å². The molecule has 0 radical (unpaired) electrons. The molecule has 1 aromatic heterocycles. The molecule has 0 unspecified atom stereocenters. The van der Waals surface area contributed by atoms with Gasteiger partial charge in [-0.05, 0) is 110 Å². The number of nitrogens with two attached hydrogens (primary N) is 1. The Balaban J connectivity index is 0.000000663. The number of aliphatic carboxylic acids is 3. The molecule has 0 aromatic carbocycles. The van der Waals surface area contributed by atoms with Crippen LogP contribution >= 0.6 is 0 Å². The van der Waals surface area contributed by atoms with Gasteiger partial charge in [-0.2, -0.15) is 0 Å². The summed E-state index contributed by atoms with van der Waals surface area (Å²) in [5.74, 6) is -4.40. The van der Waals surface area contributed by atoms with Crippen molar-refractivity contribution in [1.82, 2.24) is 9.97 Å². The number of aromatic amines is 2. The highest BCUT2D eigenvalue weighted by Gasteiger charge is 2.71. The van der Waals surface area contributed by atoms with Crippen LogP contribution in [-0.2, 0) is 38.1 Å². The Morgan fingerprint density at radius 3 is 1.90 bits per heavy atom. The molecule has 374 valence electrons. The normalized spacial score (nSPS) is 46.7. The third kappa shape index (κ3) is 8.28. The fourth-order valence-corrected chi connectivity index (χ4v) is 13.9. The molecule has 12 N–H and O–H groups in total. The molecule has 5 aliphatic carbocycles. The van der Waals surface area contributed by atoms with Crippen molar-refractivity contribution in [2.75, 3.05) is 5.73 Å². The Hall–Kier alpha value is -4.06. The number of nitrogen functional groups attached to an aromatic ring is 1. The maximum Gasteiger partial charge on any atom is 0.335 e. The van der Waals surface area contributed by atoms with E-state index in [0.29, 0.717) is 25.7 Å². The lowest BCUT2D eigenvalue weighted by Gasteiger charge is -2.70. The molecule has 2 saturated heterocycles. The summed E-state index contributed by atoms with van der Waals surface area (Å²) in [7, 11) is 0. The topological polar surface area (TPSA) is 359 Å². The second-order valence-corrected chi connectivity index (χ2v) is 22.2. The molecule has 8 rings (SSSR count). The number of hydrogen-bond donors (Lipinski definition) is 11. The van der Waals surface area contributed by atoms with E-state index in [0.717, 1.165) is 43.7 Å². The molecule has 0 spiro atoms. The van der Waals surface area contributed by atoms with Gasteiger partial charge in [-0.15, -0.1) is 0 Å². The van der Waals surface area contributed by atoms with Crippen LogP contribution in [-0.4, -0.2) is 142 Å². The summed E-state index contributed by atoms with van der Waals surface area (Å²) in [4.78, 5) is 76.1. The van der Waals surface area contributed by atoms with Gasteiger partial charge in [0.05, 0.1) is 11.5 Å². The van der Waals surface area contributed by atoms with Crippen LogP contribution in [0.15, 0.2) is 27.3 Å². The maximum atomic E-state index is 14.8. The van der Waals surface area contributed by atoms with Crippen molar-refractivity contribution in [2.45, 2.75) is 174 Å². The number of allylic oxidation sites excluding steroid dienone is 2. The molecule has 21 heteroatoms. The molecule has 67 heavy (non-hydrogen) atoms. The van der Waals surface area contributed by atoms with Crippen LogP contribution in [0.25, 0.3) is 0 Å². The zero-order valence-corrected chi connectivity index (χ0v) is 38.8. The molecule has 1 aromatic rings. The summed E-state index contributed by atoms with van der Waals surface area (Å²) in [5, 5.41) is 83.0. The Kier molecular flexibility index (Phi) is 13.2. The van der Waals surface area contributed by atoms with Gasteiger partial charge in [0, 0.05) is 12.0 Å². The van der Waals surface area contributed by atoms with E-state index in [1.54, 1.807) is 0 Å². The van der Waals surface area contributed by atoms with Crippen molar-refractivity contribution in [3.8, 4) is 0 Å². The quantitative estimate of drug-likeness (QED) is 0.169. The first-order valence-electron chi connectivity index (χ1n) is 23.0. The molecule has 6 fully saturated rings. The predicted octanol–water partition coefficient (Wildman–Crippen LogP) is 0.891. The van der Waals surface area contributed by atoms with E-state index < -0.39 is 118 Å². The number of H-pyrrole nitrogens is 2. The van der Waals surface area contributed by atoms with Crippen molar-refractivity contribution in [1.29, 1.82) is 0 Å². The molecule has 2 aliphatic heterocycles. The zero-order valence-electron chi connectivity index (χ0n) is 38.8. The molecule has 7 aliphatic rings. The zero-order chi connectivity index (χ0) is 49.7. The second-order valence-electron chi connectivity index (χ2n) is 22.2. The standard InChI is InChI=1S/C42H62O16.C4H5N3O2/c1-37(2)21-8-11-42(7)31(20(43)16-18-19-17-39(4,36(53)54)13-12-38(19,3)14-15-41(18,42)6)40(21,5)10-9-22(37)55-35-30(26(47)25(46)29(57-35)33(51)52)58-34-27(48)23(44)24(45)28(56-34)32(49)50;5-2-1-3(8)7-4(9)6-2/h16,19,21-31,34-35,44-48H,8-15,17H2,1-7H3,(H,49,50)(H,51,52)(H,53,54);1H,(H4,5,6,7,8,9)/t19-,21-,22-,23-,24-,25-,26-,27+,28-,29-,30+,31+,34-,35-,38+,39-,40-,41+,42+;/m0./s1. The number of nitrogens with one attached hydrogen (secondary N) is 2. The SMILES string of the molecule is CC1(C)[C@@H](O[C@H]2O[C@H](C(=O)O)[C@@H](O)[C@H](O)[C@H]2O[C@@H]2O[C@H](C(=O)O)[C@@H](O)[C@H](O)[C@H]2O)CC[C@]2(C)[C@H]3C(=O)C=C4[C@@H]5C[C@@](C)(C(=O)O)CC[C@]5(C)CC[C@@]4(C)[C@]3(C)CC[C@@H]12.Nc1cc(=O)[nH]c(=O)[nH]1. The van der Waals surface area contributed by atoms with Crippen LogP contribution in [0.1, 0.15) is 106 Å². The average molecular weight is 950 g/mol. The first-order valence-corrected chi connectivity index (χ1v) is 23.0. The van der Waals surface area contributed by atoms with Crippen molar-refractivity contribution in [2.24, 2.45) is 50.2 Å². The monoisotopic (exact) mass is 949 g/mol. The number of fused-ring (bicyclic) bond motifs is 7. The van der Waals surface area contributed by atoms with E-state index >= 15 is 0 Å². The molecule has 0 amide bonds. The fraction of sp³-hybridized carbons (Fsp3) is 0.783. The molecule has 21 nitrogen and oxygen atoms in total. The fourth-order valence-electron chi connectivity index (χ4n) is 13.9. The predicted molar refractivity (Wildman–Crippen MR) is 232 cm³/mol. The van der Waals surface area contributed by atoms with E-state index in [2.05, 4.69) is 32.7 Å². The lowest BCUT2D eigenvalue weighted by atomic mass is 9.33. The van der Waals surface area contributed by atoms with Crippen LogP contribution in [0.4, 0.5) is 5.82 Å². The average Bonchev–Trinajstić information content (AvgIpc) is 3.22. The Morgan fingerprint density at radius 2 is 1.31 bits per heavy atom. The van der Waals surface area contributed by atoms with Crippen LogP contribution in [0.3, 0.4) is 0 Å². The summed E-state index contributed by atoms with van der Waals surface area (Å²) in [6.45, 7) is 14.8. The van der Waals surface area contributed by atoms with Crippen LogP contribution < -0.4 is 17.0 Å². The van der Waals surface area contributed by atoms with Gasteiger partial charge in [0.2, 0.25) is 0 Å². The van der Waals surface area contributed by atoms with Crippen LogP contribution in [0.5, 0.6) is 0 Å². The van der Waals surface area contributed by atoms with Gasteiger partial charge in [-0.1, -0.05) is 47.1 Å². The largest absolute Gasteiger partial charge is 0.481 e. The highest BCUT2D eigenvalue weighted by molar-refractivity contribution is 5.95. The summed E-state index contributed by atoms with van der Waals surface area (Å²) in [5.41, 5.74) is 2.20. The lowest BCUT2D eigenvalue weighted by Crippen LogP contribution is -2.68. The van der Waals surface area contributed by atoms with E-state index in [9.17, 15) is 69.6 Å². The number of ether oxygens (including phenoxy) is 4. The van der Waals surface area contributed by atoms with Crippen molar-refractivity contribution < 1.29 is 79.0 Å². The molecular weight excluding hydrogens is 883 g/mol. The van der Waals surface area contributed by atoms with Crippen LogP contribution in [0.2, 0.25) is 0 Å². The van der Waals surface area contributed by atoms with Crippen molar-refractivity contribution in [3.05, 3.63) is 38.6 Å². The Morgan fingerprint density at radius 1 is 0.716 bits per heavy atom. The molecule has 19 atom stereocenters. The highest BCUT2D eigenvalue weighted by atomic mass is 16.8. The minimum absolute atomic E-state index is 0.0217. The minimum atomic E-state index is -2.05. The first kappa shape index (κ1) is 50.8. The van der Waals surface area contributed by atoms with Crippen molar-refractivity contribution in [3.63, 3.8) is 0 Å². The number of carbonyl (C=O) groups is 4. The third-order valence-corrected chi connectivity index (χ3v) is 18.0. The number of carboxylic acid groups (broad SMARTS) is 3. The van der Waals surface area contributed by atoms with Crippen molar-refractivity contribution >= 4 is 29.5 Å². The summed E-state index contributed by atoms with van der Waals surface area (Å²) >= 11 is 0. The number of aromatic nitrogens is 2. The lowest BCUT2D eigenvalue weighted by molar-refractivity contribution is -0.371. The molecule has 3 heterocycles. The van der Waals surface area contributed by atoms with Gasteiger partial charge in [0.25, 0.3) is 5.56 Å². The number of carbonyl (C=O) groups excluding carboxylic acids is 1. The Bertz CT molecular complexity index is 2250. The summed E-state index contributed by atoms with van der Waals surface area (Å²) in [6, 6.07) is 1.10. The van der Waals surface area contributed by atoms with Gasteiger partial charge in [-0.3, -0.25) is 24.4 Å². The van der Waals surface area contributed by atoms with Crippen LogP contribution in [0, 0.1) is 50.2 Å². The first-order chi connectivity index (χ1) is 31.0. The molecule has 0 bridgehead atoms. The van der Waals surface area contributed by atoms with E-state index in [-0.39, 0.29) is 40.2 Å². The van der Waals surface area contributed by atoms with Gasteiger partial charge in [0.15, 0.2) is 30.6 Å². The number of ketones is 1. The summed E-state index contributed by atoms with van der Waals surface area (Å²) < 4.78 is 23.4. The number of carboxylic acids is 3. The number of aliphatic hydroxyl groups is 5. The van der Waals surface area contributed by atoms with E-state index in [1.165, 1.54) is 0 Å². The number of rotatable bonds is 7. The molecular formula is C46H67N3O18. The van der Waals surface area contributed by atoms with E-state index in [4.69, 9.17) is 24.7 Å². The molecule has 4 saturated carbocycles.